The second kappa shape index (κ2) is 8.06. The number of ether oxygens (including phenoxy) is 1. The predicted octanol–water partition coefficient (Wildman–Crippen LogP) is 4.71. The van der Waals surface area contributed by atoms with Gasteiger partial charge in [0.05, 0.1) is 12.0 Å². The van der Waals surface area contributed by atoms with Gasteiger partial charge in [0.15, 0.2) is 0 Å². The number of allylic oxidation sites excluding steroid dienone is 1. The molecule has 0 aromatic heterocycles. The van der Waals surface area contributed by atoms with Crippen LogP contribution in [0.15, 0.2) is 42.0 Å². The van der Waals surface area contributed by atoms with Gasteiger partial charge in [0.2, 0.25) is 0 Å². The minimum atomic E-state index is -0.533. The molecule has 2 fully saturated rings. The van der Waals surface area contributed by atoms with Gasteiger partial charge in [-0.25, -0.2) is 0 Å². The van der Waals surface area contributed by atoms with Crippen LogP contribution in [0, 0.1) is 23.2 Å². The third-order valence-electron chi connectivity index (χ3n) is 8.53. The van der Waals surface area contributed by atoms with Crippen molar-refractivity contribution >= 4 is 23.1 Å². The maximum Gasteiger partial charge on any atom is 0.311 e. The third-order valence-corrected chi connectivity index (χ3v) is 8.79. The zero-order valence-corrected chi connectivity index (χ0v) is 19.1. The molecule has 2 aliphatic heterocycles. The Kier molecular flexibility index (Phi) is 5.52. The van der Waals surface area contributed by atoms with E-state index in [2.05, 4.69) is 43.0 Å². The highest BCUT2D eigenvalue weighted by molar-refractivity contribution is 6.30. The van der Waals surface area contributed by atoms with Crippen LogP contribution in [-0.2, 0) is 9.53 Å². The summed E-state index contributed by atoms with van der Waals surface area (Å²) >= 11 is 6.02. The Morgan fingerprint density at radius 1 is 1.26 bits per heavy atom. The number of esters is 1. The third kappa shape index (κ3) is 3.57. The normalized spacial score (nSPS) is 38.1. The quantitative estimate of drug-likeness (QED) is 0.545. The zero-order valence-electron chi connectivity index (χ0n) is 18.4. The van der Waals surface area contributed by atoms with Crippen LogP contribution in [0.25, 0.3) is 5.57 Å². The molecule has 0 radical (unpaired) electrons. The van der Waals surface area contributed by atoms with Crippen molar-refractivity contribution in [1.29, 1.82) is 0 Å². The van der Waals surface area contributed by atoms with Gasteiger partial charge in [0, 0.05) is 42.4 Å². The zero-order chi connectivity index (χ0) is 21.8. The van der Waals surface area contributed by atoms with E-state index in [9.17, 15) is 9.90 Å². The van der Waals surface area contributed by atoms with Crippen LogP contribution >= 0.6 is 11.6 Å². The summed E-state index contributed by atoms with van der Waals surface area (Å²) in [5.74, 6) is -0.0773. The second-order valence-electron chi connectivity index (χ2n) is 10.0. The molecule has 1 saturated carbocycles. The Balaban J connectivity index is 1.31. The molecule has 31 heavy (non-hydrogen) atoms. The molecule has 6 atom stereocenters. The maximum absolute atomic E-state index is 12.9. The number of carbonyl (C=O) groups is 1. The molecule has 0 amide bonds. The van der Waals surface area contributed by atoms with E-state index < -0.39 is 6.10 Å². The molecule has 0 bridgehead atoms. The van der Waals surface area contributed by atoms with E-state index in [1.165, 1.54) is 16.7 Å². The van der Waals surface area contributed by atoms with Gasteiger partial charge in [-0.05, 0) is 48.4 Å². The Labute approximate surface area is 189 Å². The van der Waals surface area contributed by atoms with E-state index in [4.69, 9.17) is 16.3 Å². The van der Waals surface area contributed by atoms with E-state index in [-0.39, 0.29) is 29.3 Å². The summed E-state index contributed by atoms with van der Waals surface area (Å²) in [6.07, 6.45) is 7.72. The van der Waals surface area contributed by atoms with Gasteiger partial charge in [-0.2, -0.15) is 0 Å². The number of rotatable bonds is 3. The summed E-state index contributed by atoms with van der Waals surface area (Å²) in [7, 11) is 0. The Bertz CT molecular complexity index is 923. The van der Waals surface area contributed by atoms with Gasteiger partial charge in [-0.15, -0.1) is 0 Å². The molecular formula is C26H32ClNO3. The van der Waals surface area contributed by atoms with Gasteiger partial charge in [-0.3, -0.25) is 9.69 Å². The van der Waals surface area contributed by atoms with Gasteiger partial charge in [0.1, 0.15) is 6.10 Å². The fourth-order valence-corrected chi connectivity index (χ4v) is 6.48. The Hall–Kier alpha value is -1.62. The molecule has 1 saturated heterocycles. The number of nitrogens with zero attached hydrogens (tertiary/aromatic N) is 1. The molecule has 4 aliphatic rings. The molecule has 166 valence electrons. The van der Waals surface area contributed by atoms with Crippen molar-refractivity contribution in [1.82, 2.24) is 4.90 Å². The number of aliphatic hydroxyl groups excluding tert-OH is 1. The molecule has 2 heterocycles. The SMILES string of the molecule is C[C@H]1CCC=C2C[C@H]3OC(=O)[C@@H](CN4CC=C(c5ccc(Cl)cc5)CC4)[C@H]3[C@H](O)[C@@]21C. The van der Waals surface area contributed by atoms with Crippen molar-refractivity contribution in [3.8, 4) is 0 Å². The van der Waals surface area contributed by atoms with Crippen molar-refractivity contribution in [2.75, 3.05) is 19.6 Å². The lowest BCUT2D eigenvalue weighted by atomic mass is 9.55. The monoisotopic (exact) mass is 441 g/mol. The van der Waals surface area contributed by atoms with Crippen molar-refractivity contribution in [2.24, 2.45) is 23.2 Å². The number of hydrogen-bond acceptors (Lipinski definition) is 4. The van der Waals surface area contributed by atoms with E-state index in [1.54, 1.807) is 0 Å². The fraction of sp³-hybridized carbons (Fsp3) is 0.577. The molecule has 4 nitrogen and oxygen atoms in total. The summed E-state index contributed by atoms with van der Waals surface area (Å²) < 4.78 is 5.83. The summed E-state index contributed by atoms with van der Waals surface area (Å²) in [6, 6.07) is 7.99. The molecule has 0 spiro atoms. The average Bonchev–Trinajstić information content (AvgIpc) is 3.07. The minimum absolute atomic E-state index is 0.114. The summed E-state index contributed by atoms with van der Waals surface area (Å²) in [4.78, 5) is 15.2. The number of carbonyl (C=O) groups excluding carboxylic acids is 1. The Morgan fingerprint density at radius 2 is 2.03 bits per heavy atom. The Morgan fingerprint density at radius 3 is 2.74 bits per heavy atom. The maximum atomic E-state index is 12.9. The van der Waals surface area contributed by atoms with Gasteiger partial charge in [-0.1, -0.05) is 55.3 Å². The number of halogens is 1. The highest BCUT2D eigenvalue weighted by Crippen LogP contribution is 2.56. The van der Waals surface area contributed by atoms with Crippen LogP contribution in [0.1, 0.15) is 45.1 Å². The molecule has 5 heteroatoms. The first-order chi connectivity index (χ1) is 14.9. The van der Waals surface area contributed by atoms with Crippen LogP contribution in [-0.4, -0.2) is 47.8 Å². The average molecular weight is 442 g/mol. The summed E-state index contributed by atoms with van der Waals surface area (Å²) in [5, 5.41) is 12.3. The van der Waals surface area contributed by atoms with Gasteiger partial charge < -0.3 is 9.84 Å². The molecule has 1 aromatic rings. The first-order valence-corrected chi connectivity index (χ1v) is 12.0. The van der Waals surface area contributed by atoms with E-state index in [0.717, 1.165) is 43.8 Å². The molecule has 0 unspecified atom stereocenters. The molecule has 1 aromatic carbocycles. The summed E-state index contributed by atoms with van der Waals surface area (Å²) in [6.45, 7) is 6.83. The number of aliphatic hydroxyl groups is 1. The van der Waals surface area contributed by atoms with E-state index >= 15 is 0 Å². The predicted molar refractivity (Wildman–Crippen MR) is 123 cm³/mol. The number of hydrogen-bond donors (Lipinski definition) is 1. The lowest BCUT2D eigenvalue weighted by Crippen LogP contribution is -2.54. The van der Waals surface area contributed by atoms with Gasteiger partial charge >= 0.3 is 5.97 Å². The highest BCUT2D eigenvalue weighted by Gasteiger charge is 2.59. The van der Waals surface area contributed by atoms with Crippen molar-refractivity contribution in [3.63, 3.8) is 0 Å². The highest BCUT2D eigenvalue weighted by atomic mass is 35.5. The van der Waals surface area contributed by atoms with Crippen LogP contribution in [0.5, 0.6) is 0 Å². The minimum Gasteiger partial charge on any atom is -0.461 e. The largest absolute Gasteiger partial charge is 0.461 e. The van der Waals surface area contributed by atoms with Crippen molar-refractivity contribution in [3.05, 3.63) is 52.6 Å². The first-order valence-electron chi connectivity index (χ1n) is 11.6. The standard InChI is InChI=1S/C26H32ClNO3/c1-16-4-3-5-19-14-22-23(24(29)26(16,19)2)21(25(30)31-22)15-28-12-10-18(11-13-28)17-6-8-20(27)9-7-17/h5-10,16,21-24,29H,3-4,11-15H2,1-2H3/t16-,21-,22+,23+,24-,26+/m0/s1. The van der Waals surface area contributed by atoms with Crippen LogP contribution in [0.4, 0.5) is 0 Å². The smallest absolute Gasteiger partial charge is 0.311 e. The van der Waals surface area contributed by atoms with Crippen LogP contribution in [0.2, 0.25) is 5.02 Å². The van der Waals surface area contributed by atoms with Crippen LogP contribution < -0.4 is 0 Å². The van der Waals surface area contributed by atoms with Crippen LogP contribution in [0.3, 0.4) is 0 Å². The number of benzene rings is 1. The van der Waals surface area contributed by atoms with Crippen molar-refractivity contribution in [2.45, 2.75) is 51.7 Å². The molecule has 1 N–H and O–H groups in total. The lowest BCUT2D eigenvalue weighted by Gasteiger charge is -2.52. The topological polar surface area (TPSA) is 49.8 Å². The van der Waals surface area contributed by atoms with E-state index in [0.29, 0.717) is 12.5 Å². The lowest BCUT2D eigenvalue weighted by molar-refractivity contribution is -0.145. The molecule has 2 aliphatic carbocycles. The van der Waals surface area contributed by atoms with Gasteiger partial charge in [0.25, 0.3) is 0 Å². The second-order valence-corrected chi connectivity index (χ2v) is 10.5. The molecule has 5 rings (SSSR count). The number of fused-ring (bicyclic) bond motifs is 2. The fourth-order valence-electron chi connectivity index (χ4n) is 6.36. The summed E-state index contributed by atoms with van der Waals surface area (Å²) in [5.41, 5.74) is 3.60. The molecular weight excluding hydrogens is 410 g/mol. The van der Waals surface area contributed by atoms with Crippen molar-refractivity contribution < 1.29 is 14.6 Å². The first kappa shape index (κ1) is 21.2. The van der Waals surface area contributed by atoms with E-state index in [1.807, 2.05) is 12.1 Å².